The van der Waals surface area contributed by atoms with Crippen LogP contribution in [0.2, 0.25) is 0 Å². The molecule has 1 aromatic heterocycles. The van der Waals surface area contributed by atoms with Gasteiger partial charge in [-0.05, 0) is 23.4 Å². The Balaban J connectivity index is 2.30. The first-order chi connectivity index (χ1) is 9.51. The highest BCUT2D eigenvalue weighted by Crippen LogP contribution is 2.37. The number of anilines is 1. The molecule has 0 amide bonds. The topological polar surface area (TPSA) is 92.4 Å². The van der Waals surface area contributed by atoms with Crippen LogP contribution in [-0.2, 0) is 6.61 Å². The van der Waals surface area contributed by atoms with Crippen molar-refractivity contribution in [3.63, 3.8) is 0 Å². The summed E-state index contributed by atoms with van der Waals surface area (Å²) in [5.74, 6) is 0. The molecule has 0 atom stereocenters. The lowest BCUT2D eigenvalue weighted by Crippen LogP contribution is -2.07. The van der Waals surface area contributed by atoms with Gasteiger partial charge in [-0.15, -0.1) is 10.2 Å². The van der Waals surface area contributed by atoms with E-state index < -0.39 is 4.92 Å². The lowest BCUT2D eigenvalue weighted by Gasteiger charge is -2.04. The molecule has 0 spiro atoms. The van der Waals surface area contributed by atoms with Crippen molar-refractivity contribution in [3.05, 3.63) is 33.9 Å². The average molecular weight is 312 g/mol. The second-order valence-corrected chi connectivity index (χ2v) is 6.31. The van der Waals surface area contributed by atoms with E-state index in [1.54, 1.807) is 12.1 Å². The van der Waals surface area contributed by atoms with Crippen molar-refractivity contribution in [2.75, 3.05) is 19.0 Å². The van der Waals surface area contributed by atoms with Crippen LogP contribution in [0.15, 0.2) is 27.4 Å². The molecule has 1 heterocycles. The van der Waals surface area contributed by atoms with Crippen molar-refractivity contribution in [2.24, 2.45) is 0 Å². The molecule has 1 N–H and O–H groups in total. The summed E-state index contributed by atoms with van der Waals surface area (Å²) in [4.78, 5) is 12.9. The van der Waals surface area contributed by atoms with Crippen LogP contribution in [0.4, 0.5) is 10.8 Å². The van der Waals surface area contributed by atoms with Gasteiger partial charge in [0.2, 0.25) is 5.13 Å². The van der Waals surface area contributed by atoms with Crippen LogP contribution in [0.3, 0.4) is 0 Å². The first-order valence-corrected chi connectivity index (χ1v) is 7.21. The van der Waals surface area contributed by atoms with Crippen LogP contribution in [0.25, 0.3) is 0 Å². The first-order valence-electron chi connectivity index (χ1n) is 5.58. The molecule has 0 saturated carbocycles. The zero-order chi connectivity index (χ0) is 14.7. The maximum absolute atomic E-state index is 11.1. The van der Waals surface area contributed by atoms with E-state index in [0.717, 1.165) is 5.13 Å². The molecule has 0 radical (unpaired) electrons. The minimum atomic E-state index is -0.463. The Hall–Kier alpha value is -1.71. The van der Waals surface area contributed by atoms with Crippen molar-refractivity contribution in [1.29, 1.82) is 0 Å². The van der Waals surface area contributed by atoms with Crippen LogP contribution >= 0.6 is 23.1 Å². The Labute approximate surface area is 123 Å². The van der Waals surface area contributed by atoms with E-state index in [4.69, 9.17) is 5.11 Å². The molecular formula is C11H12N4O3S2. The van der Waals surface area contributed by atoms with Crippen LogP contribution in [0.5, 0.6) is 0 Å². The van der Waals surface area contributed by atoms with Crippen molar-refractivity contribution in [3.8, 4) is 0 Å². The minimum absolute atomic E-state index is 0.0387. The summed E-state index contributed by atoms with van der Waals surface area (Å²) in [6.45, 7) is -0.227. The van der Waals surface area contributed by atoms with Crippen LogP contribution in [0, 0.1) is 10.1 Å². The lowest BCUT2D eigenvalue weighted by molar-refractivity contribution is -0.387. The Morgan fingerprint density at radius 1 is 1.45 bits per heavy atom. The first kappa shape index (κ1) is 14.7. The molecule has 2 rings (SSSR count). The maximum Gasteiger partial charge on any atom is 0.283 e. The second-order valence-electron chi connectivity index (χ2n) is 4.06. The summed E-state index contributed by atoms with van der Waals surface area (Å²) in [6, 6.07) is 4.64. The van der Waals surface area contributed by atoms with Crippen LogP contribution < -0.4 is 4.90 Å². The van der Waals surface area contributed by atoms with Gasteiger partial charge < -0.3 is 10.0 Å². The molecule has 0 saturated heterocycles. The van der Waals surface area contributed by atoms with E-state index in [0.29, 0.717) is 14.8 Å². The number of nitro benzene ring substituents is 1. The van der Waals surface area contributed by atoms with Gasteiger partial charge in [0.05, 0.1) is 16.4 Å². The summed E-state index contributed by atoms with van der Waals surface area (Å²) in [6.07, 6.45) is 0. The molecule has 0 aliphatic rings. The fourth-order valence-corrected chi connectivity index (χ4v) is 3.21. The lowest BCUT2D eigenvalue weighted by atomic mass is 10.2. The van der Waals surface area contributed by atoms with Gasteiger partial charge in [0.15, 0.2) is 4.34 Å². The molecule has 0 unspecified atom stereocenters. The summed E-state index contributed by atoms with van der Waals surface area (Å²) < 4.78 is 0.633. The smallest absolute Gasteiger partial charge is 0.283 e. The molecular weight excluding hydrogens is 300 g/mol. The number of aromatic nitrogens is 2. The van der Waals surface area contributed by atoms with Crippen LogP contribution in [0.1, 0.15) is 5.56 Å². The third-order valence-corrected chi connectivity index (χ3v) is 4.59. The minimum Gasteiger partial charge on any atom is -0.392 e. The number of nitrogens with zero attached hydrogens (tertiary/aromatic N) is 4. The van der Waals surface area contributed by atoms with E-state index in [9.17, 15) is 10.1 Å². The van der Waals surface area contributed by atoms with Crippen molar-refractivity contribution >= 4 is 33.9 Å². The zero-order valence-corrected chi connectivity index (χ0v) is 12.4. The second kappa shape index (κ2) is 6.16. The molecule has 1 aromatic carbocycles. The number of nitro groups is 1. The van der Waals surface area contributed by atoms with E-state index in [1.807, 2.05) is 19.0 Å². The highest BCUT2D eigenvalue weighted by atomic mass is 32.2. The highest BCUT2D eigenvalue weighted by molar-refractivity contribution is 8.01. The largest absolute Gasteiger partial charge is 0.392 e. The fraction of sp³-hybridized carbons (Fsp3) is 0.273. The van der Waals surface area contributed by atoms with Crippen molar-refractivity contribution in [1.82, 2.24) is 10.2 Å². The standard InChI is InChI=1S/C11H12N4O3S2/c1-14(2)10-12-13-11(20-10)19-9-4-3-7(6-16)5-8(9)15(17)18/h3-5,16H,6H2,1-2H3. The normalized spacial score (nSPS) is 10.6. The molecule has 2 aromatic rings. The molecule has 0 bridgehead atoms. The molecule has 0 fully saturated rings. The predicted molar refractivity (Wildman–Crippen MR) is 77.4 cm³/mol. The highest BCUT2D eigenvalue weighted by Gasteiger charge is 2.17. The maximum atomic E-state index is 11.1. The Morgan fingerprint density at radius 2 is 2.20 bits per heavy atom. The number of hydrogen-bond acceptors (Lipinski definition) is 8. The van der Waals surface area contributed by atoms with Gasteiger partial charge in [0, 0.05) is 20.2 Å². The van der Waals surface area contributed by atoms with Gasteiger partial charge >= 0.3 is 0 Å². The number of aliphatic hydroxyl groups excluding tert-OH is 1. The van der Waals surface area contributed by atoms with Crippen molar-refractivity contribution in [2.45, 2.75) is 15.8 Å². The third kappa shape index (κ3) is 3.24. The van der Waals surface area contributed by atoms with Gasteiger partial charge in [-0.2, -0.15) is 0 Å². The monoisotopic (exact) mass is 312 g/mol. The summed E-state index contributed by atoms with van der Waals surface area (Å²) >= 11 is 2.56. The van der Waals surface area contributed by atoms with E-state index in [2.05, 4.69) is 10.2 Å². The summed E-state index contributed by atoms with van der Waals surface area (Å²) in [5, 5.41) is 28.8. The van der Waals surface area contributed by atoms with Gasteiger partial charge in [-0.1, -0.05) is 17.4 Å². The van der Waals surface area contributed by atoms with Gasteiger partial charge in [-0.3, -0.25) is 10.1 Å². The zero-order valence-electron chi connectivity index (χ0n) is 10.8. The average Bonchev–Trinajstić information content (AvgIpc) is 2.87. The number of hydrogen-bond donors (Lipinski definition) is 1. The Morgan fingerprint density at radius 3 is 2.75 bits per heavy atom. The van der Waals surface area contributed by atoms with Crippen molar-refractivity contribution < 1.29 is 10.0 Å². The number of rotatable bonds is 5. The van der Waals surface area contributed by atoms with Gasteiger partial charge in [0.1, 0.15) is 0 Å². The predicted octanol–water partition coefficient (Wildman–Crippen LogP) is 2.16. The number of aliphatic hydroxyl groups is 1. The molecule has 7 nitrogen and oxygen atoms in total. The van der Waals surface area contributed by atoms with E-state index >= 15 is 0 Å². The van der Waals surface area contributed by atoms with Gasteiger partial charge in [-0.25, -0.2) is 0 Å². The van der Waals surface area contributed by atoms with Gasteiger partial charge in [0.25, 0.3) is 5.69 Å². The molecule has 20 heavy (non-hydrogen) atoms. The quantitative estimate of drug-likeness (QED) is 0.668. The number of benzene rings is 1. The Kier molecular flexibility index (Phi) is 4.53. The van der Waals surface area contributed by atoms with E-state index in [1.165, 1.54) is 29.2 Å². The molecule has 0 aliphatic heterocycles. The Bertz CT molecular complexity index is 630. The third-order valence-electron chi connectivity index (χ3n) is 2.38. The van der Waals surface area contributed by atoms with Crippen LogP contribution in [-0.4, -0.2) is 34.3 Å². The fourth-order valence-electron chi connectivity index (χ4n) is 1.41. The molecule has 106 valence electrons. The van der Waals surface area contributed by atoms with E-state index in [-0.39, 0.29) is 12.3 Å². The SMILES string of the molecule is CN(C)c1nnc(Sc2ccc(CO)cc2[N+](=O)[O-])s1. The molecule has 0 aliphatic carbocycles. The summed E-state index contributed by atoms with van der Waals surface area (Å²) in [5.41, 5.74) is 0.468. The molecule has 9 heteroatoms. The summed E-state index contributed by atoms with van der Waals surface area (Å²) in [7, 11) is 3.71.